The molecule has 0 aromatic carbocycles. The summed E-state index contributed by atoms with van der Waals surface area (Å²) in [5, 5.41) is 3.27. The highest BCUT2D eigenvalue weighted by Crippen LogP contribution is 2.12. The molecule has 2 fully saturated rings. The number of hydrogen-bond acceptors (Lipinski definition) is 3. The average molecular weight is 211 g/mol. The molecule has 2 saturated heterocycles. The van der Waals surface area contributed by atoms with Crippen LogP contribution in [-0.2, 0) is 4.79 Å². The molecule has 0 saturated carbocycles. The van der Waals surface area contributed by atoms with Crippen LogP contribution in [0.15, 0.2) is 0 Å². The Morgan fingerprint density at radius 1 is 1.40 bits per heavy atom. The second-order valence-electron chi connectivity index (χ2n) is 4.76. The molecule has 1 unspecified atom stereocenters. The van der Waals surface area contributed by atoms with Crippen LogP contribution in [0.25, 0.3) is 0 Å². The van der Waals surface area contributed by atoms with E-state index in [0.29, 0.717) is 11.9 Å². The van der Waals surface area contributed by atoms with E-state index in [1.54, 1.807) is 0 Å². The maximum Gasteiger partial charge on any atom is 0.239 e. The molecule has 0 bridgehead atoms. The van der Waals surface area contributed by atoms with Crippen LogP contribution >= 0.6 is 0 Å². The van der Waals surface area contributed by atoms with Gasteiger partial charge in [-0.15, -0.1) is 0 Å². The largest absolute Gasteiger partial charge is 0.339 e. The van der Waals surface area contributed by atoms with Crippen molar-refractivity contribution in [2.75, 3.05) is 33.2 Å². The summed E-state index contributed by atoms with van der Waals surface area (Å²) in [6.45, 7) is 5.95. The summed E-state index contributed by atoms with van der Waals surface area (Å²) in [7, 11) is 2.13. The van der Waals surface area contributed by atoms with Gasteiger partial charge in [0.1, 0.15) is 0 Å². The third-order valence-corrected chi connectivity index (χ3v) is 3.63. The molecule has 4 nitrogen and oxygen atoms in total. The van der Waals surface area contributed by atoms with E-state index in [4.69, 9.17) is 0 Å². The van der Waals surface area contributed by atoms with E-state index in [1.807, 2.05) is 4.90 Å². The van der Waals surface area contributed by atoms with Crippen molar-refractivity contribution in [2.24, 2.45) is 0 Å². The van der Waals surface area contributed by atoms with Gasteiger partial charge in [-0.25, -0.2) is 0 Å². The standard InChI is InChI=1S/C11H21N3O/c1-9-8-14(7-6-13(9)2)11(15)10-4-3-5-12-10/h9-10,12H,3-8H2,1-2H3/t9-,10?/m1/s1. The Morgan fingerprint density at radius 3 is 2.80 bits per heavy atom. The van der Waals surface area contributed by atoms with E-state index in [-0.39, 0.29) is 6.04 Å². The number of likely N-dealkylation sites (N-methyl/N-ethyl adjacent to an activating group) is 1. The average Bonchev–Trinajstić information content (AvgIpc) is 2.74. The highest BCUT2D eigenvalue weighted by molar-refractivity contribution is 5.82. The maximum atomic E-state index is 12.1. The van der Waals surface area contributed by atoms with Gasteiger partial charge in [0.15, 0.2) is 0 Å². The summed E-state index contributed by atoms with van der Waals surface area (Å²) in [5.41, 5.74) is 0. The Labute approximate surface area is 91.6 Å². The summed E-state index contributed by atoms with van der Waals surface area (Å²) in [4.78, 5) is 16.4. The fraction of sp³-hybridized carbons (Fsp3) is 0.909. The van der Waals surface area contributed by atoms with Gasteiger partial charge in [0.05, 0.1) is 6.04 Å². The monoisotopic (exact) mass is 211 g/mol. The highest BCUT2D eigenvalue weighted by Gasteiger charge is 2.30. The van der Waals surface area contributed by atoms with Crippen molar-refractivity contribution in [3.8, 4) is 0 Å². The molecule has 0 radical (unpaired) electrons. The summed E-state index contributed by atoms with van der Waals surface area (Å²) in [6, 6.07) is 0.588. The van der Waals surface area contributed by atoms with Crippen LogP contribution in [0.2, 0.25) is 0 Å². The number of carbonyl (C=O) groups excluding carboxylic acids is 1. The van der Waals surface area contributed by atoms with Crippen molar-refractivity contribution in [2.45, 2.75) is 31.8 Å². The number of nitrogens with one attached hydrogen (secondary N) is 1. The van der Waals surface area contributed by atoms with Crippen molar-refractivity contribution in [3.63, 3.8) is 0 Å². The summed E-state index contributed by atoms with van der Waals surface area (Å²) >= 11 is 0. The highest BCUT2D eigenvalue weighted by atomic mass is 16.2. The number of carbonyl (C=O) groups is 1. The fourth-order valence-electron chi connectivity index (χ4n) is 2.36. The zero-order chi connectivity index (χ0) is 10.8. The molecule has 0 aromatic rings. The Bertz CT molecular complexity index is 238. The minimum Gasteiger partial charge on any atom is -0.339 e. The van der Waals surface area contributed by atoms with Crippen molar-refractivity contribution in [1.29, 1.82) is 0 Å². The predicted molar refractivity (Wildman–Crippen MR) is 59.7 cm³/mol. The van der Waals surface area contributed by atoms with Crippen LogP contribution in [0.3, 0.4) is 0 Å². The predicted octanol–water partition coefficient (Wildman–Crippen LogP) is -0.0991. The van der Waals surface area contributed by atoms with Crippen LogP contribution in [0.5, 0.6) is 0 Å². The topological polar surface area (TPSA) is 35.6 Å². The zero-order valence-corrected chi connectivity index (χ0v) is 9.70. The first kappa shape index (κ1) is 10.9. The number of hydrogen-bond donors (Lipinski definition) is 1. The fourth-order valence-corrected chi connectivity index (χ4v) is 2.36. The maximum absolute atomic E-state index is 12.1. The third kappa shape index (κ3) is 2.32. The van der Waals surface area contributed by atoms with Crippen LogP contribution in [0.4, 0.5) is 0 Å². The third-order valence-electron chi connectivity index (χ3n) is 3.63. The van der Waals surface area contributed by atoms with Gasteiger partial charge in [-0.05, 0) is 33.4 Å². The smallest absolute Gasteiger partial charge is 0.239 e. The van der Waals surface area contributed by atoms with Gasteiger partial charge in [-0.2, -0.15) is 0 Å². The number of rotatable bonds is 1. The van der Waals surface area contributed by atoms with Crippen LogP contribution in [-0.4, -0.2) is 61.0 Å². The Hall–Kier alpha value is -0.610. The molecule has 1 amide bonds. The minimum absolute atomic E-state index is 0.0978. The summed E-state index contributed by atoms with van der Waals surface area (Å²) < 4.78 is 0. The first-order valence-electron chi connectivity index (χ1n) is 5.91. The van der Waals surface area contributed by atoms with Gasteiger partial charge in [-0.1, -0.05) is 0 Å². The second kappa shape index (κ2) is 4.49. The lowest BCUT2D eigenvalue weighted by atomic mass is 10.1. The molecule has 15 heavy (non-hydrogen) atoms. The quantitative estimate of drug-likeness (QED) is 0.658. The van der Waals surface area contributed by atoms with Gasteiger partial charge in [0.2, 0.25) is 5.91 Å². The van der Waals surface area contributed by atoms with Gasteiger partial charge in [0.25, 0.3) is 0 Å². The molecule has 2 aliphatic heterocycles. The Morgan fingerprint density at radius 2 is 2.20 bits per heavy atom. The zero-order valence-electron chi connectivity index (χ0n) is 9.70. The van der Waals surface area contributed by atoms with Gasteiger partial charge in [0, 0.05) is 25.7 Å². The summed E-state index contributed by atoms with van der Waals surface area (Å²) in [6.07, 6.45) is 2.15. The summed E-state index contributed by atoms with van der Waals surface area (Å²) in [5.74, 6) is 0.312. The van der Waals surface area contributed by atoms with Crippen LogP contribution in [0, 0.1) is 0 Å². The Kier molecular flexibility index (Phi) is 3.26. The number of amides is 1. The molecule has 0 spiro atoms. The van der Waals surface area contributed by atoms with E-state index < -0.39 is 0 Å². The molecule has 2 aliphatic rings. The molecule has 0 aromatic heterocycles. The molecule has 2 heterocycles. The first-order chi connectivity index (χ1) is 7.18. The minimum atomic E-state index is 0.0978. The van der Waals surface area contributed by atoms with E-state index in [1.165, 1.54) is 0 Å². The normalized spacial score (nSPS) is 33.3. The molecule has 1 N–H and O–H groups in total. The second-order valence-corrected chi connectivity index (χ2v) is 4.76. The number of piperazine rings is 1. The van der Waals surface area contributed by atoms with E-state index in [9.17, 15) is 4.79 Å². The SMILES string of the molecule is C[C@@H]1CN(C(=O)C2CCCN2)CCN1C. The first-order valence-corrected chi connectivity index (χ1v) is 5.91. The van der Waals surface area contributed by atoms with Crippen LogP contribution in [0.1, 0.15) is 19.8 Å². The molecule has 4 heteroatoms. The van der Waals surface area contributed by atoms with Crippen molar-refractivity contribution < 1.29 is 4.79 Å². The molecular weight excluding hydrogens is 190 g/mol. The van der Waals surface area contributed by atoms with Gasteiger partial charge in [-0.3, -0.25) is 4.79 Å². The lowest BCUT2D eigenvalue weighted by Gasteiger charge is -2.38. The molecular formula is C11H21N3O. The van der Waals surface area contributed by atoms with Gasteiger partial charge < -0.3 is 15.1 Å². The van der Waals surface area contributed by atoms with Gasteiger partial charge >= 0.3 is 0 Å². The lowest BCUT2D eigenvalue weighted by Crippen LogP contribution is -2.55. The van der Waals surface area contributed by atoms with E-state index >= 15 is 0 Å². The van der Waals surface area contributed by atoms with E-state index in [2.05, 4.69) is 24.2 Å². The van der Waals surface area contributed by atoms with Crippen LogP contribution < -0.4 is 5.32 Å². The lowest BCUT2D eigenvalue weighted by molar-refractivity contribution is -0.135. The number of nitrogens with zero attached hydrogens (tertiary/aromatic N) is 2. The molecule has 2 atom stereocenters. The molecule has 86 valence electrons. The van der Waals surface area contributed by atoms with Crippen molar-refractivity contribution >= 4 is 5.91 Å². The Balaban J connectivity index is 1.90. The van der Waals surface area contributed by atoms with E-state index in [0.717, 1.165) is 39.0 Å². The van der Waals surface area contributed by atoms with Crippen molar-refractivity contribution in [1.82, 2.24) is 15.1 Å². The molecule has 2 rings (SSSR count). The molecule has 0 aliphatic carbocycles. The van der Waals surface area contributed by atoms with Crippen molar-refractivity contribution in [3.05, 3.63) is 0 Å².